The minimum atomic E-state index is -0.0904. The van der Waals surface area contributed by atoms with Crippen LogP contribution in [0.15, 0.2) is 54.6 Å². The highest BCUT2D eigenvalue weighted by Crippen LogP contribution is 2.05. The number of aliphatic hydroxyl groups excluding tert-OH is 1. The largest absolute Gasteiger partial charge is 0.395 e. The van der Waals surface area contributed by atoms with Gasteiger partial charge in [0.25, 0.3) is 5.91 Å². The molecule has 0 saturated carbocycles. The van der Waals surface area contributed by atoms with Crippen molar-refractivity contribution in [3.05, 3.63) is 71.3 Å². The van der Waals surface area contributed by atoms with E-state index in [-0.39, 0.29) is 12.5 Å². The second-order valence-corrected chi connectivity index (χ2v) is 4.52. The molecule has 0 heterocycles. The number of carbonyl (C=O) groups excluding carboxylic acids is 1. The van der Waals surface area contributed by atoms with E-state index in [9.17, 15) is 4.79 Å². The van der Waals surface area contributed by atoms with Crippen molar-refractivity contribution in [1.29, 1.82) is 0 Å². The fourth-order valence-corrected chi connectivity index (χ4v) is 1.85. The molecular weight excluding hydrogens is 262 g/mol. The van der Waals surface area contributed by atoms with Gasteiger partial charge in [-0.15, -0.1) is 0 Å². The Kier molecular flexibility index (Phi) is 5.57. The van der Waals surface area contributed by atoms with Gasteiger partial charge in [-0.1, -0.05) is 42.2 Å². The van der Waals surface area contributed by atoms with Gasteiger partial charge < -0.3 is 10.4 Å². The predicted octanol–water partition coefficient (Wildman–Crippen LogP) is 2.35. The summed E-state index contributed by atoms with van der Waals surface area (Å²) in [6.07, 6.45) is 0.467. The third kappa shape index (κ3) is 4.79. The molecule has 21 heavy (non-hydrogen) atoms. The van der Waals surface area contributed by atoms with Gasteiger partial charge in [0.05, 0.1) is 6.61 Å². The molecule has 0 fully saturated rings. The van der Waals surface area contributed by atoms with Crippen LogP contribution >= 0.6 is 0 Å². The van der Waals surface area contributed by atoms with Crippen molar-refractivity contribution < 1.29 is 9.90 Å². The second-order valence-electron chi connectivity index (χ2n) is 4.52. The zero-order chi connectivity index (χ0) is 14.9. The summed E-state index contributed by atoms with van der Waals surface area (Å²) in [5, 5.41) is 11.6. The van der Waals surface area contributed by atoms with Crippen LogP contribution in [0.25, 0.3) is 0 Å². The Balaban J connectivity index is 1.96. The zero-order valence-corrected chi connectivity index (χ0v) is 11.7. The first-order valence-corrected chi connectivity index (χ1v) is 6.81. The summed E-state index contributed by atoms with van der Waals surface area (Å²) in [5.74, 6) is 5.77. The molecule has 2 N–H and O–H groups in total. The minimum Gasteiger partial charge on any atom is -0.395 e. The summed E-state index contributed by atoms with van der Waals surface area (Å²) in [5.41, 5.74) is 2.53. The maximum absolute atomic E-state index is 11.9. The Morgan fingerprint density at radius 3 is 2.67 bits per heavy atom. The van der Waals surface area contributed by atoms with Gasteiger partial charge in [0.1, 0.15) is 0 Å². The van der Waals surface area contributed by atoms with E-state index in [1.54, 1.807) is 12.1 Å². The Morgan fingerprint density at radius 1 is 1.10 bits per heavy atom. The molecule has 0 saturated heterocycles. The number of aliphatic hydroxyl groups is 1. The summed E-state index contributed by atoms with van der Waals surface area (Å²) < 4.78 is 0. The third-order valence-electron chi connectivity index (χ3n) is 2.89. The number of amides is 1. The highest BCUT2D eigenvalue weighted by molar-refractivity contribution is 5.94. The maximum Gasteiger partial charge on any atom is 0.251 e. The number of benzene rings is 2. The third-order valence-corrected chi connectivity index (χ3v) is 2.89. The Morgan fingerprint density at radius 2 is 1.90 bits per heavy atom. The topological polar surface area (TPSA) is 49.3 Å². The van der Waals surface area contributed by atoms with Crippen LogP contribution in [0.2, 0.25) is 0 Å². The standard InChI is InChI=1S/C18H17NO2/c20-12-5-4-7-15-8-6-9-16(13-15)14-19-18(21)17-10-2-1-3-11-17/h1-3,6,8-11,13,20H,5,12,14H2,(H,19,21). The van der Waals surface area contributed by atoms with E-state index >= 15 is 0 Å². The van der Waals surface area contributed by atoms with E-state index in [0.29, 0.717) is 18.5 Å². The average molecular weight is 279 g/mol. The molecule has 1 amide bonds. The molecule has 106 valence electrons. The number of rotatable bonds is 4. The van der Waals surface area contributed by atoms with Gasteiger partial charge in [-0.2, -0.15) is 0 Å². The highest BCUT2D eigenvalue weighted by atomic mass is 16.2. The fraction of sp³-hybridized carbons (Fsp3) is 0.167. The molecule has 0 aliphatic carbocycles. The van der Waals surface area contributed by atoms with Gasteiger partial charge >= 0.3 is 0 Å². The molecule has 0 radical (unpaired) electrons. The number of hydrogen-bond donors (Lipinski definition) is 2. The lowest BCUT2D eigenvalue weighted by molar-refractivity contribution is 0.0951. The van der Waals surface area contributed by atoms with Gasteiger partial charge in [-0.3, -0.25) is 4.79 Å². The van der Waals surface area contributed by atoms with Crippen LogP contribution in [0, 0.1) is 11.8 Å². The van der Waals surface area contributed by atoms with Crippen molar-refractivity contribution in [2.75, 3.05) is 6.61 Å². The van der Waals surface area contributed by atoms with Crippen LogP contribution < -0.4 is 5.32 Å². The lowest BCUT2D eigenvalue weighted by atomic mass is 10.1. The first kappa shape index (κ1) is 14.8. The molecular formula is C18H17NO2. The summed E-state index contributed by atoms with van der Waals surface area (Å²) >= 11 is 0. The van der Waals surface area contributed by atoms with E-state index < -0.39 is 0 Å². The van der Waals surface area contributed by atoms with E-state index in [0.717, 1.165) is 11.1 Å². The summed E-state index contributed by atoms with van der Waals surface area (Å²) in [7, 11) is 0. The van der Waals surface area contributed by atoms with E-state index in [4.69, 9.17) is 5.11 Å². The molecule has 0 aliphatic heterocycles. The molecule has 0 atom stereocenters. The van der Waals surface area contributed by atoms with Crippen molar-refractivity contribution in [3.63, 3.8) is 0 Å². The number of nitrogens with one attached hydrogen (secondary N) is 1. The molecule has 0 spiro atoms. The molecule has 2 aromatic carbocycles. The van der Waals surface area contributed by atoms with E-state index in [1.807, 2.05) is 42.5 Å². The normalized spacial score (nSPS) is 9.57. The smallest absolute Gasteiger partial charge is 0.251 e. The Bertz CT molecular complexity index is 654. The first-order valence-electron chi connectivity index (χ1n) is 6.81. The SMILES string of the molecule is O=C(NCc1cccc(C#CCCO)c1)c1ccccc1. The van der Waals surface area contributed by atoms with Gasteiger partial charge in [0.2, 0.25) is 0 Å². The van der Waals surface area contributed by atoms with Gasteiger partial charge in [0.15, 0.2) is 0 Å². The van der Waals surface area contributed by atoms with Crippen LogP contribution in [-0.2, 0) is 6.54 Å². The molecule has 3 nitrogen and oxygen atoms in total. The van der Waals surface area contributed by atoms with E-state index in [2.05, 4.69) is 17.2 Å². The molecule has 0 aliphatic rings. The zero-order valence-electron chi connectivity index (χ0n) is 11.7. The van der Waals surface area contributed by atoms with Crippen molar-refractivity contribution in [3.8, 4) is 11.8 Å². The monoisotopic (exact) mass is 279 g/mol. The number of hydrogen-bond acceptors (Lipinski definition) is 2. The summed E-state index contributed by atoms with van der Waals surface area (Å²) in [4.78, 5) is 11.9. The van der Waals surface area contributed by atoms with Crippen molar-refractivity contribution in [2.45, 2.75) is 13.0 Å². The Labute approximate surface area is 124 Å². The van der Waals surface area contributed by atoms with Crippen LogP contribution in [0.4, 0.5) is 0 Å². The fourth-order valence-electron chi connectivity index (χ4n) is 1.85. The van der Waals surface area contributed by atoms with Crippen LogP contribution in [0.5, 0.6) is 0 Å². The van der Waals surface area contributed by atoms with E-state index in [1.165, 1.54) is 0 Å². The lowest BCUT2D eigenvalue weighted by Crippen LogP contribution is -2.22. The summed E-state index contributed by atoms with van der Waals surface area (Å²) in [6, 6.07) is 16.8. The minimum absolute atomic E-state index is 0.0693. The average Bonchev–Trinajstić information content (AvgIpc) is 2.54. The lowest BCUT2D eigenvalue weighted by Gasteiger charge is -2.05. The molecule has 2 aromatic rings. The Hall–Kier alpha value is -2.57. The maximum atomic E-state index is 11.9. The predicted molar refractivity (Wildman–Crippen MR) is 82.6 cm³/mol. The molecule has 0 aromatic heterocycles. The molecule has 0 unspecified atom stereocenters. The van der Waals surface area contributed by atoms with Gasteiger partial charge in [0, 0.05) is 24.1 Å². The summed E-state index contributed by atoms with van der Waals surface area (Å²) in [6.45, 7) is 0.531. The van der Waals surface area contributed by atoms with Crippen molar-refractivity contribution >= 4 is 5.91 Å². The quantitative estimate of drug-likeness (QED) is 0.844. The van der Waals surface area contributed by atoms with Crippen molar-refractivity contribution in [2.24, 2.45) is 0 Å². The van der Waals surface area contributed by atoms with Gasteiger partial charge in [-0.05, 0) is 29.8 Å². The van der Waals surface area contributed by atoms with Gasteiger partial charge in [-0.25, -0.2) is 0 Å². The number of carbonyl (C=O) groups is 1. The van der Waals surface area contributed by atoms with Crippen LogP contribution in [0.3, 0.4) is 0 Å². The highest BCUT2D eigenvalue weighted by Gasteiger charge is 2.03. The second kappa shape index (κ2) is 7.88. The molecule has 0 bridgehead atoms. The molecule has 2 rings (SSSR count). The van der Waals surface area contributed by atoms with Crippen LogP contribution in [0.1, 0.15) is 27.9 Å². The van der Waals surface area contributed by atoms with Crippen LogP contribution in [-0.4, -0.2) is 17.6 Å². The van der Waals surface area contributed by atoms with Crippen molar-refractivity contribution in [1.82, 2.24) is 5.32 Å². The first-order chi connectivity index (χ1) is 10.3. The molecule has 3 heteroatoms.